The second-order valence-corrected chi connectivity index (χ2v) is 5.42. The molecule has 1 aromatic rings. The molecule has 0 spiro atoms. The number of carboxylic acids is 1. The first kappa shape index (κ1) is 13.9. The molecule has 0 bridgehead atoms. The molecule has 1 unspecified atom stereocenters. The Labute approximate surface area is 113 Å². The Hall–Kier alpha value is -1.55. The number of nitrogens with zero attached hydrogens (tertiary/aromatic N) is 1. The van der Waals surface area contributed by atoms with E-state index in [9.17, 15) is 15.0 Å². The predicted molar refractivity (Wildman–Crippen MR) is 73.0 cm³/mol. The normalized spacial score (nSPS) is 24.3. The summed E-state index contributed by atoms with van der Waals surface area (Å²) in [6.07, 6.45) is 2.37. The number of likely N-dealkylation sites (tertiary alicyclic amines) is 1. The highest BCUT2D eigenvalue weighted by Crippen LogP contribution is 2.34. The Bertz CT molecular complexity index is 443. The van der Waals surface area contributed by atoms with Gasteiger partial charge in [0.2, 0.25) is 0 Å². The summed E-state index contributed by atoms with van der Waals surface area (Å²) in [4.78, 5) is 13.7. The lowest BCUT2D eigenvalue weighted by Crippen LogP contribution is -2.47. The van der Waals surface area contributed by atoms with Crippen LogP contribution in [-0.4, -0.2) is 34.2 Å². The van der Waals surface area contributed by atoms with Crippen molar-refractivity contribution >= 4 is 5.97 Å². The second kappa shape index (κ2) is 5.61. The molecule has 0 saturated carbocycles. The number of piperidine rings is 1. The minimum absolute atomic E-state index is 0.260. The molecule has 1 fully saturated rings. The lowest BCUT2D eigenvalue weighted by molar-refractivity contribution is -0.153. The molecule has 0 aromatic heterocycles. The van der Waals surface area contributed by atoms with Crippen molar-refractivity contribution in [1.82, 2.24) is 4.90 Å². The van der Waals surface area contributed by atoms with Gasteiger partial charge in [0.05, 0.1) is 5.41 Å². The summed E-state index contributed by atoms with van der Waals surface area (Å²) in [7, 11) is 0. The van der Waals surface area contributed by atoms with E-state index >= 15 is 0 Å². The maximum Gasteiger partial charge on any atom is 0.310 e. The second-order valence-electron chi connectivity index (χ2n) is 5.42. The lowest BCUT2D eigenvalue weighted by atomic mass is 9.77. The van der Waals surface area contributed by atoms with Crippen LogP contribution in [0.2, 0.25) is 0 Å². The number of hydrogen-bond donors (Lipinski definition) is 2. The SMILES string of the molecule is CCC1(C(=O)O)CCCN(Cc2ccc(O)cc2)C1. The molecular formula is C15H21NO3. The van der Waals surface area contributed by atoms with Crippen LogP contribution >= 0.6 is 0 Å². The summed E-state index contributed by atoms with van der Waals surface area (Å²) in [6, 6.07) is 7.11. The Morgan fingerprint density at radius 3 is 2.63 bits per heavy atom. The lowest BCUT2D eigenvalue weighted by Gasteiger charge is -2.39. The van der Waals surface area contributed by atoms with Crippen molar-refractivity contribution in [1.29, 1.82) is 0 Å². The summed E-state index contributed by atoms with van der Waals surface area (Å²) in [5.74, 6) is -0.416. The van der Waals surface area contributed by atoms with Crippen molar-refractivity contribution in [2.45, 2.75) is 32.7 Å². The first-order valence-corrected chi connectivity index (χ1v) is 6.79. The highest BCUT2D eigenvalue weighted by molar-refractivity contribution is 5.75. The first-order chi connectivity index (χ1) is 9.05. The molecule has 1 saturated heterocycles. The number of carboxylic acid groups (broad SMARTS) is 1. The van der Waals surface area contributed by atoms with Gasteiger partial charge in [0.1, 0.15) is 5.75 Å². The summed E-state index contributed by atoms with van der Waals surface area (Å²) in [5, 5.41) is 18.7. The third kappa shape index (κ3) is 3.07. The molecule has 1 heterocycles. The molecular weight excluding hydrogens is 242 g/mol. The van der Waals surface area contributed by atoms with E-state index in [1.807, 2.05) is 19.1 Å². The van der Waals surface area contributed by atoms with E-state index in [1.165, 1.54) is 0 Å². The fourth-order valence-electron chi connectivity index (χ4n) is 2.84. The van der Waals surface area contributed by atoms with Gasteiger partial charge in [-0.15, -0.1) is 0 Å². The zero-order valence-electron chi connectivity index (χ0n) is 11.3. The van der Waals surface area contributed by atoms with Gasteiger partial charge in [0.15, 0.2) is 0 Å². The monoisotopic (exact) mass is 263 g/mol. The van der Waals surface area contributed by atoms with E-state index < -0.39 is 11.4 Å². The average molecular weight is 263 g/mol. The predicted octanol–water partition coefficient (Wildman–Crippen LogP) is 2.47. The molecule has 4 heteroatoms. The van der Waals surface area contributed by atoms with Crippen molar-refractivity contribution in [3.8, 4) is 5.75 Å². The van der Waals surface area contributed by atoms with Gasteiger partial charge in [-0.2, -0.15) is 0 Å². The Kier molecular flexibility index (Phi) is 4.10. The van der Waals surface area contributed by atoms with Crippen LogP contribution in [0.3, 0.4) is 0 Å². The van der Waals surface area contributed by atoms with Crippen LogP contribution in [0.15, 0.2) is 24.3 Å². The van der Waals surface area contributed by atoms with Crippen LogP contribution in [0.25, 0.3) is 0 Å². The third-order valence-electron chi connectivity index (χ3n) is 4.13. The largest absolute Gasteiger partial charge is 0.508 e. The maximum atomic E-state index is 11.5. The van der Waals surface area contributed by atoms with Crippen LogP contribution in [0, 0.1) is 5.41 Å². The molecule has 1 aromatic carbocycles. The van der Waals surface area contributed by atoms with E-state index in [2.05, 4.69) is 4.90 Å². The molecule has 4 nitrogen and oxygen atoms in total. The number of rotatable bonds is 4. The fourth-order valence-corrected chi connectivity index (χ4v) is 2.84. The summed E-state index contributed by atoms with van der Waals surface area (Å²) in [5.41, 5.74) is 0.518. The molecule has 2 N–H and O–H groups in total. The molecule has 0 amide bonds. The summed E-state index contributed by atoms with van der Waals surface area (Å²) >= 11 is 0. The Morgan fingerprint density at radius 1 is 1.37 bits per heavy atom. The highest BCUT2D eigenvalue weighted by atomic mass is 16.4. The van der Waals surface area contributed by atoms with E-state index in [4.69, 9.17) is 0 Å². The van der Waals surface area contributed by atoms with Gasteiger partial charge in [-0.1, -0.05) is 19.1 Å². The van der Waals surface area contributed by atoms with Gasteiger partial charge >= 0.3 is 5.97 Å². The molecule has 0 radical (unpaired) electrons. The van der Waals surface area contributed by atoms with Crippen molar-refractivity contribution in [3.05, 3.63) is 29.8 Å². The number of phenolic OH excluding ortho intramolecular Hbond substituents is 1. The number of carbonyl (C=O) groups is 1. The number of phenols is 1. The van der Waals surface area contributed by atoms with Crippen molar-refractivity contribution < 1.29 is 15.0 Å². The molecule has 1 aliphatic heterocycles. The van der Waals surface area contributed by atoms with Gasteiger partial charge in [0, 0.05) is 13.1 Å². The van der Waals surface area contributed by atoms with Gasteiger partial charge in [-0.05, 0) is 43.5 Å². The standard InChI is InChI=1S/C15H21NO3/c1-2-15(14(18)19)8-3-9-16(11-15)10-12-4-6-13(17)7-5-12/h4-7,17H,2-3,8-11H2,1H3,(H,18,19). The molecule has 1 aliphatic rings. The minimum atomic E-state index is -0.676. The fraction of sp³-hybridized carbons (Fsp3) is 0.533. The van der Waals surface area contributed by atoms with Gasteiger partial charge < -0.3 is 10.2 Å². The van der Waals surface area contributed by atoms with Gasteiger partial charge in [-0.3, -0.25) is 9.69 Å². The van der Waals surface area contributed by atoms with Gasteiger partial charge in [0.25, 0.3) is 0 Å². The minimum Gasteiger partial charge on any atom is -0.508 e. The smallest absolute Gasteiger partial charge is 0.310 e. The van der Waals surface area contributed by atoms with Gasteiger partial charge in [-0.25, -0.2) is 0 Å². The molecule has 0 aliphatic carbocycles. The van der Waals surface area contributed by atoms with Crippen LogP contribution in [0.1, 0.15) is 31.7 Å². The molecule has 104 valence electrons. The molecule has 1 atom stereocenters. The van der Waals surface area contributed by atoms with Crippen molar-refractivity contribution in [2.75, 3.05) is 13.1 Å². The first-order valence-electron chi connectivity index (χ1n) is 6.79. The number of aliphatic carboxylic acids is 1. The Morgan fingerprint density at radius 2 is 2.05 bits per heavy atom. The summed E-state index contributed by atoms with van der Waals surface area (Å²) in [6.45, 7) is 4.25. The van der Waals surface area contributed by atoms with E-state index in [1.54, 1.807) is 12.1 Å². The van der Waals surface area contributed by atoms with E-state index in [0.29, 0.717) is 13.0 Å². The number of hydrogen-bond acceptors (Lipinski definition) is 3. The highest BCUT2D eigenvalue weighted by Gasteiger charge is 2.40. The average Bonchev–Trinajstić information content (AvgIpc) is 2.41. The molecule has 19 heavy (non-hydrogen) atoms. The maximum absolute atomic E-state index is 11.5. The quantitative estimate of drug-likeness (QED) is 0.876. The molecule has 2 rings (SSSR count). The number of aromatic hydroxyl groups is 1. The van der Waals surface area contributed by atoms with Crippen molar-refractivity contribution in [3.63, 3.8) is 0 Å². The van der Waals surface area contributed by atoms with Crippen LogP contribution in [0.4, 0.5) is 0 Å². The Balaban J connectivity index is 2.05. The topological polar surface area (TPSA) is 60.8 Å². The van der Waals surface area contributed by atoms with Crippen LogP contribution < -0.4 is 0 Å². The van der Waals surface area contributed by atoms with Crippen LogP contribution in [0.5, 0.6) is 5.75 Å². The zero-order chi connectivity index (χ0) is 13.9. The third-order valence-corrected chi connectivity index (χ3v) is 4.13. The summed E-state index contributed by atoms with van der Waals surface area (Å²) < 4.78 is 0. The number of benzene rings is 1. The van der Waals surface area contributed by atoms with E-state index in [0.717, 1.165) is 31.5 Å². The van der Waals surface area contributed by atoms with Crippen molar-refractivity contribution in [2.24, 2.45) is 5.41 Å². The zero-order valence-corrected chi connectivity index (χ0v) is 11.3. The van der Waals surface area contributed by atoms with E-state index in [-0.39, 0.29) is 5.75 Å². The van der Waals surface area contributed by atoms with Crippen LogP contribution in [-0.2, 0) is 11.3 Å².